The maximum atomic E-state index is 13.3. The van der Waals surface area contributed by atoms with E-state index in [0.717, 1.165) is 42.1 Å². The van der Waals surface area contributed by atoms with E-state index in [1.54, 1.807) is 23.5 Å². The topological polar surface area (TPSA) is 52.6 Å². The van der Waals surface area contributed by atoms with Crippen LogP contribution in [0.2, 0.25) is 0 Å². The molecular weight excluding hydrogens is 437 g/mol. The zero-order valence-corrected chi connectivity index (χ0v) is 19.7. The van der Waals surface area contributed by atoms with E-state index in [4.69, 9.17) is 9.97 Å². The van der Waals surface area contributed by atoms with Crippen LogP contribution in [-0.2, 0) is 24.2 Å². The fourth-order valence-corrected chi connectivity index (χ4v) is 5.98. The molecule has 1 amide bonds. The van der Waals surface area contributed by atoms with E-state index in [1.807, 2.05) is 16.8 Å². The third-order valence-electron chi connectivity index (χ3n) is 6.52. The Balaban J connectivity index is 1.50. The Labute approximate surface area is 197 Å². The van der Waals surface area contributed by atoms with Crippen molar-refractivity contribution in [3.63, 3.8) is 0 Å². The highest BCUT2D eigenvalue weighted by Crippen LogP contribution is 2.41. The molecule has 2 aliphatic rings. The number of aromatic nitrogens is 2. The van der Waals surface area contributed by atoms with Gasteiger partial charge in [0.25, 0.3) is 0 Å². The maximum absolute atomic E-state index is 13.3. The second-order valence-corrected chi connectivity index (χ2v) is 9.82. The molecule has 172 valence electrons. The van der Waals surface area contributed by atoms with Crippen molar-refractivity contribution in [2.24, 2.45) is 0 Å². The van der Waals surface area contributed by atoms with Crippen LogP contribution in [0.4, 0.5) is 16.2 Å². The van der Waals surface area contributed by atoms with Crippen molar-refractivity contribution in [3.05, 3.63) is 58.7 Å². The Kier molecular flexibility index (Phi) is 6.01. The van der Waals surface area contributed by atoms with Crippen molar-refractivity contribution in [2.75, 3.05) is 43.0 Å². The van der Waals surface area contributed by atoms with Crippen molar-refractivity contribution < 1.29 is 9.18 Å². The normalized spacial score (nSPS) is 16.1. The molecule has 1 fully saturated rings. The molecule has 0 radical (unpaired) electrons. The number of benzene rings is 1. The molecule has 6 nitrogen and oxygen atoms in total. The molecule has 5 rings (SSSR count). The van der Waals surface area contributed by atoms with Crippen molar-refractivity contribution in [2.45, 2.75) is 32.2 Å². The standard InChI is InChI=1S/C25H28FN5OS/c1-3-21(32)30-12-14-31(15-13-30)23-22-19-6-4-5-7-20(19)33-24(22)28-25(27-23)29(2)16-17-8-10-18(26)11-9-17/h3,8-11H,1,4-7,12-16H2,2H3. The van der Waals surface area contributed by atoms with Gasteiger partial charge in [-0.05, 0) is 55.0 Å². The summed E-state index contributed by atoms with van der Waals surface area (Å²) in [5.74, 6) is 1.39. The molecule has 0 unspecified atom stereocenters. The molecule has 0 N–H and O–H groups in total. The lowest BCUT2D eigenvalue weighted by molar-refractivity contribution is -0.126. The lowest BCUT2D eigenvalue weighted by Crippen LogP contribution is -2.48. The van der Waals surface area contributed by atoms with Crippen LogP contribution in [-0.4, -0.2) is 54.0 Å². The molecule has 1 aliphatic carbocycles. The average Bonchev–Trinajstić information content (AvgIpc) is 3.23. The second-order valence-electron chi connectivity index (χ2n) is 8.74. The highest BCUT2D eigenvalue weighted by molar-refractivity contribution is 7.19. The lowest BCUT2D eigenvalue weighted by Gasteiger charge is -2.35. The summed E-state index contributed by atoms with van der Waals surface area (Å²) in [6.07, 6.45) is 5.99. The summed E-state index contributed by atoms with van der Waals surface area (Å²) in [5.41, 5.74) is 2.42. The SMILES string of the molecule is C=CC(=O)N1CCN(c2nc(N(C)Cc3ccc(F)cc3)nc3sc4c(c23)CCCC4)CC1. The van der Waals surface area contributed by atoms with Crippen LogP contribution in [0.5, 0.6) is 0 Å². The van der Waals surface area contributed by atoms with E-state index in [9.17, 15) is 9.18 Å². The first-order valence-corrected chi connectivity index (χ1v) is 12.3. The second kappa shape index (κ2) is 9.09. The van der Waals surface area contributed by atoms with Crippen LogP contribution in [0, 0.1) is 5.82 Å². The van der Waals surface area contributed by atoms with E-state index in [1.165, 1.54) is 46.9 Å². The summed E-state index contributed by atoms with van der Waals surface area (Å²) in [7, 11) is 1.97. The molecule has 33 heavy (non-hydrogen) atoms. The number of rotatable bonds is 5. The molecule has 0 atom stereocenters. The first-order valence-electron chi connectivity index (χ1n) is 11.5. The van der Waals surface area contributed by atoms with E-state index in [-0.39, 0.29) is 11.7 Å². The van der Waals surface area contributed by atoms with E-state index in [0.29, 0.717) is 25.6 Å². The van der Waals surface area contributed by atoms with Crippen LogP contribution in [0.25, 0.3) is 10.2 Å². The summed E-state index contributed by atoms with van der Waals surface area (Å²) in [6.45, 7) is 6.99. The molecule has 2 aromatic heterocycles. The molecule has 0 bridgehead atoms. The number of fused-ring (bicyclic) bond motifs is 3. The molecule has 1 aromatic carbocycles. The Morgan fingerprint density at radius 2 is 1.88 bits per heavy atom. The Morgan fingerprint density at radius 3 is 2.61 bits per heavy atom. The van der Waals surface area contributed by atoms with Crippen LogP contribution in [0.1, 0.15) is 28.8 Å². The number of halogens is 1. The number of amides is 1. The number of hydrogen-bond donors (Lipinski definition) is 0. The van der Waals surface area contributed by atoms with Gasteiger partial charge in [-0.1, -0.05) is 18.7 Å². The van der Waals surface area contributed by atoms with E-state index < -0.39 is 0 Å². The largest absolute Gasteiger partial charge is 0.352 e. The molecule has 3 heterocycles. The minimum Gasteiger partial charge on any atom is -0.352 e. The number of nitrogens with zero attached hydrogens (tertiary/aromatic N) is 5. The van der Waals surface area contributed by atoms with Gasteiger partial charge < -0.3 is 14.7 Å². The third-order valence-corrected chi connectivity index (χ3v) is 7.71. The number of hydrogen-bond acceptors (Lipinski definition) is 6. The molecule has 0 saturated carbocycles. The summed E-state index contributed by atoms with van der Waals surface area (Å²) in [6, 6.07) is 6.56. The number of anilines is 2. The predicted molar refractivity (Wildman–Crippen MR) is 132 cm³/mol. The first kappa shape index (κ1) is 21.8. The zero-order valence-electron chi connectivity index (χ0n) is 18.9. The average molecular weight is 466 g/mol. The monoisotopic (exact) mass is 465 g/mol. The van der Waals surface area contributed by atoms with Crippen molar-refractivity contribution in [3.8, 4) is 0 Å². The molecule has 1 aliphatic heterocycles. The minimum absolute atomic E-state index is 0.0184. The molecular formula is C25H28FN5OS. The predicted octanol–water partition coefficient (Wildman–Crippen LogP) is 4.18. The van der Waals surface area contributed by atoms with Crippen LogP contribution in [0.15, 0.2) is 36.9 Å². The minimum atomic E-state index is -0.236. The van der Waals surface area contributed by atoms with Gasteiger partial charge in [0.1, 0.15) is 16.5 Å². The molecule has 3 aromatic rings. The number of aryl methyl sites for hydroxylation is 2. The van der Waals surface area contributed by atoms with Gasteiger partial charge in [0, 0.05) is 44.6 Å². The van der Waals surface area contributed by atoms with Gasteiger partial charge >= 0.3 is 0 Å². The van der Waals surface area contributed by atoms with Crippen LogP contribution in [0.3, 0.4) is 0 Å². The van der Waals surface area contributed by atoms with Gasteiger partial charge in [0.15, 0.2) is 0 Å². The van der Waals surface area contributed by atoms with Gasteiger partial charge in [0.2, 0.25) is 11.9 Å². The quantitative estimate of drug-likeness (QED) is 0.529. The molecule has 8 heteroatoms. The number of carbonyl (C=O) groups is 1. The summed E-state index contributed by atoms with van der Waals surface area (Å²) in [5, 5.41) is 1.19. The number of thiophene rings is 1. The van der Waals surface area contributed by atoms with Crippen LogP contribution < -0.4 is 9.80 Å². The van der Waals surface area contributed by atoms with Gasteiger partial charge in [-0.2, -0.15) is 4.98 Å². The lowest BCUT2D eigenvalue weighted by atomic mass is 9.97. The molecule has 0 spiro atoms. The number of carbonyl (C=O) groups excluding carboxylic acids is 1. The zero-order chi connectivity index (χ0) is 22.9. The van der Waals surface area contributed by atoms with Gasteiger partial charge in [-0.15, -0.1) is 11.3 Å². The van der Waals surface area contributed by atoms with Gasteiger partial charge in [-0.25, -0.2) is 9.37 Å². The van der Waals surface area contributed by atoms with Crippen molar-refractivity contribution in [1.29, 1.82) is 0 Å². The smallest absolute Gasteiger partial charge is 0.246 e. The summed E-state index contributed by atoms with van der Waals surface area (Å²) >= 11 is 1.79. The van der Waals surface area contributed by atoms with Gasteiger partial charge in [-0.3, -0.25) is 4.79 Å². The highest BCUT2D eigenvalue weighted by atomic mass is 32.1. The van der Waals surface area contributed by atoms with E-state index in [2.05, 4.69) is 11.5 Å². The summed E-state index contributed by atoms with van der Waals surface area (Å²) < 4.78 is 13.3. The highest BCUT2D eigenvalue weighted by Gasteiger charge is 2.27. The summed E-state index contributed by atoms with van der Waals surface area (Å²) in [4.78, 5) is 30.7. The third kappa shape index (κ3) is 4.31. The molecule has 1 saturated heterocycles. The number of piperazine rings is 1. The van der Waals surface area contributed by atoms with Crippen LogP contribution >= 0.6 is 11.3 Å². The Hall–Kier alpha value is -3.00. The van der Waals surface area contributed by atoms with Crippen molar-refractivity contribution >= 4 is 39.2 Å². The fourth-order valence-electron chi connectivity index (χ4n) is 4.73. The maximum Gasteiger partial charge on any atom is 0.246 e. The van der Waals surface area contributed by atoms with Crippen molar-refractivity contribution in [1.82, 2.24) is 14.9 Å². The Bertz CT molecular complexity index is 1180. The van der Waals surface area contributed by atoms with E-state index >= 15 is 0 Å². The van der Waals surface area contributed by atoms with Gasteiger partial charge in [0.05, 0.1) is 5.39 Å². The Morgan fingerprint density at radius 1 is 1.15 bits per heavy atom. The fraction of sp³-hybridized carbons (Fsp3) is 0.400. The first-order chi connectivity index (χ1) is 16.0.